The molecule has 0 saturated heterocycles. The number of benzene rings is 1. The molecule has 1 N–H and O–H groups in total. The number of aryl methyl sites for hydroxylation is 2. The lowest BCUT2D eigenvalue weighted by molar-refractivity contribution is 0.219. The predicted molar refractivity (Wildman–Crippen MR) is 162 cm³/mol. The normalized spacial score (nSPS) is 16.8. The smallest absolute Gasteiger partial charge is 0.329 e. The molecule has 3 aromatic rings. The first kappa shape index (κ1) is 29.2. The maximum absolute atomic E-state index is 12.6. The molecule has 1 aromatic carbocycles. The fourth-order valence-corrected chi connectivity index (χ4v) is 5.84. The molecule has 0 amide bonds. The molecule has 40 heavy (non-hydrogen) atoms. The average Bonchev–Trinajstić information content (AvgIpc) is 3.17. The summed E-state index contributed by atoms with van der Waals surface area (Å²) in [6.45, 7) is 16.0. The number of anilines is 3. The highest BCUT2D eigenvalue weighted by molar-refractivity contribution is 6.74. The molecule has 1 aliphatic rings. The van der Waals surface area contributed by atoms with E-state index in [1.807, 2.05) is 17.8 Å². The molecular formula is C29H36BN6O3Si. The summed E-state index contributed by atoms with van der Waals surface area (Å²) < 4.78 is 8.17. The number of rotatable bonds is 8. The molecule has 0 fully saturated rings. The van der Waals surface area contributed by atoms with Gasteiger partial charge < -0.3 is 23.9 Å². The van der Waals surface area contributed by atoms with E-state index in [0.29, 0.717) is 30.1 Å². The first-order chi connectivity index (χ1) is 18.7. The van der Waals surface area contributed by atoms with Gasteiger partial charge in [-0.05, 0) is 60.4 Å². The van der Waals surface area contributed by atoms with Gasteiger partial charge in [0.1, 0.15) is 17.9 Å². The zero-order valence-electron chi connectivity index (χ0n) is 24.5. The fourth-order valence-electron chi connectivity index (χ4n) is 4.73. The third-order valence-corrected chi connectivity index (χ3v) is 12.5. The molecule has 0 saturated carbocycles. The highest BCUT2D eigenvalue weighted by Gasteiger charge is 2.44. The van der Waals surface area contributed by atoms with E-state index in [-0.39, 0.29) is 16.5 Å². The van der Waals surface area contributed by atoms with Gasteiger partial charge in [-0.3, -0.25) is 4.79 Å². The number of pyridine rings is 1. The van der Waals surface area contributed by atoms with Crippen LogP contribution in [0.25, 0.3) is 11.3 Å². The molecule has 0 aliphatic carbocycles. The monoisotopic (exact) mass is 555 g/mol. The van der Waals surface area contributed by atoms with Gasteiger partial charge in [-0.25, -0.2) is 9.97 Å². The summed E-state index contributed by atoms with van der Waals surface area (Å²) in [5.74, 6) is 0.277. The molecule has 1 atom stereocenters. The van der Waals surface area contributed by atoms with E-state index in [9.17, 15) is 14.9 Å². The fraction of sp³-hybridized carbons (Fsp3) is 0.414. The van der Waals surface area contributed by atoms with Crippen LogP contribution in [0, 0.1) is 18.3 Å². The van der Waals surface area contributed by atoms with Crippen LogP contribution in [0.4, 0.5) is 17.3 Å². The van der Waals surface area contributed by atoms with Crippen molar-refractivity contribution in [3.05, 3.63) is 63.7 Å². The second kappa shape index (κ2) is 10.7. The Bertz CT molecular complexity index is 1560. The van der Waals surface area contributed by atoms with Gasteiger partial charge in [-0.1, -0.05) is 27.7 Å². The Balaban J connectivity index is 1.77. The second-order valence-corrected chi connectivity index (χ2v) is 17.1. The lowest BCUT2D eigenvalue weighted by Gasteiger charge is -2.39. The van der Waals surface area contributed by atoms with E-state index in [0.717, 1.165) is 28.6 Å². The van der Waals surface area contributed by atoms with Gasteiger partial charge in [-0.2, -0.15) is 5.26 Å². The van der Waals surface area contributed by atoms with Crippen molar-refractivity contribution in [1.82, 2.24) is 14.5 Å². The van der Waals surface area contributed by atoms with Crippen LogP contribution in [0.5, 0.6) is 0 Å². The molecular weight excluding hydrogens is 519 g/mol. The van der Waals surface area contributed by atoms with E-state index < -0.39 is 13.7 Å². The zero-order chi connectivity index (χ0) is 29.5. The van der Waals surface area contributed by atoms with Crippen LogP contribution in [-0.4, -0.2) is 49.6 Å². The maximum Gasteiger partial charge on any atom is 0.329 e. The summed E-state index contributed by atoms with van der Waals surface area (Å²) in [6.07, 6.45) is 4.13. The van der Waals surface area contributed by atoms with Crippen LogP contribution in [0.15, 0.2) is 41.5 Å². The Labute approximate surface area is 237 Å². The lowest BCUT2D eigenvalue weighted by Crippen LogP contribution is -2.46. The highest BCUT2D eigenvalue weighted by Crippen LogP contribution is 2.46. The number of hydrogen-bond donors (Lipinski definition) is 1. The number of hydrogen-bond acceptors (Lipinski definition) is 8. The van der Waals surface area contributed by atoms with Crippen molar-refractivity contribution in [3.8, 4) is 17.3 Å². The third-order valence-electron chi connectivity index (χ3n) is 8.00. The number of nitriles is 1. The Kier molecular flexibility index (Phi) is 7.80. The molecule has 207 valence electrons. The topological polar surface area (TPSA) is 113 Å². The quantitative estimate of drug-likeness (QED) is 0.315. The van der Waals surface area contributed by atoms with E-state index >= 15 is 0 Å². The SMILES string of the molecule is Cc1cc(Nc2nccc(-c3cc(C#N)c4c(c3)[C@@](C)(CO[Si](C)(C)C(C)(C)C)CN4[B]C=O)n2)c(=O)n(C)c1. The summed E-state index contributed by atoms with van der Waals surface area (Å²) in [7, 11) is 1.12. The van der Waals surface area contributed by atoms with Crippen molar-refractivity contribution in [2.24, 2.45) is 7.05 Å². The largest absolute Gasteiger partial charge is 0.416 e. The minimum atomic E-state index is -2.06. The molecule has 0 bridgehead atoms. The molecule has 3 heterocycles. The summed E-state index contributed by atoms with van der Waals surface area (Å²) >= 11 is 0. The van der Waals surface area contributed by atoms with Crippen LogP contribution < -0.4 is 15.7 Å². The van der Waals surface area contributed by atoms with Crippen molar-refractivity contribution < 1.29 is 9.22 Å². The molecule has 2 aromatic heterocycles. The van der Waals surface area contributed by atoms with E-state index in [4.69, 9.17) is 4.43 Å². The second-order valence-electron chi connectivity index (χ2n) is 12.3. The van der Waals surface area contributed by atoms with Gasteiger partial charge in [-0.15, -0.1) is 0 Å². The van der Waals surface area contributed by atoms with Crippen molar-refractivity contribution in [3.63, 3.8) is 0 Å². The maximum atomic E-state index is 12.6. The first-order valence-electron chi connectivity index (χ1n) is 13.2. The van der Waals surface area contributed by atoms with Gasteiger partial charge in [0.2, 0.25) is 5.95 Å². The van der Waals surface area contributed by atoms with Crippen LogP contribution in [0.2, 0.25) is 18.1 Å². The molecule has 4 rings (SSSR count). The summed E-state index contributed by atoms with van der Waals surface area (Å²) in [6, 6.07) is 9.66. The molecule has 0 spiro atoms. The Morgan fingerprint density at radius 3 is 2.67 bits per heavy atom. The zero-order valence-corrected chi connectivity index (χ0v) is 25.5. The summed E-state index contributed by atoms with van der Waals surface area (Å²) in [4.78, 5) is 35.0. The van der Waals surface area contributed by atoms with Gasteiger partial charge in [0.15, 0.2) is 8.32 Å². The standard InChI is InChI=1S/C29H36BN6O3Si/c1-19-11-24(26(38)35(6)15-19)34-27-32-10-9-23(33-27)20-12-21(14-31)25-22(13-20)29(5,16-36(25)30-18-37)17-39-40(7,8)28(2,3)4/h9-13,15,18H,16-17H2,1-8H3,(H,32,33,34)/t29-/m1/s1. The predicted octanol–water partition coefficient (Wildman–Crippen LogP) is 4.67. The number of carbonyl (C=O) groups excluding carboxylic acids is 1. The minimum Gasteiger partial charge on any atom is -0.416 e. The summed E-state index contributed by atoms with van der Waals surface area (Å²) in [5, 5.41) is 13.2. The Morgan fingerprint density at radius 1 is 1.30 bits per heavy atom. The van der Waals surface area contributed by atoms with Crippen LogP contribution in [-0.2, 0) is 21.7 Å². The van der Waals surface area contributed by atoms with Crippen LogP contribution >= 0.6 is 0 Å². The van der Waals surface area contributed by atoms with Crippen molar-refractivity contribution in [2.75, 3.05) is 23.3 Å². The number of aromatic nitrogens is 3. The number of nitrogens with one attached hydrogen (secondary N) is 1. The first-order valence-corrected chi connectivity index (χ1v) is 16.2. The molecule has 11 heteroatoms. The molecule has 0 unspecified atom stereocenters. The van der Waals surface area contributed by atoms with Crippen molar-refractivity contribution in [1.29, 1.82) is 5.26 Å². The number of nitrogens with zero attached hydrogens (tertiary/aromatic N) is 5. The third kappa shape index (κ3) is 5.60. The molecule has 9 nitrogen and oxygen atoms in total. The molecule has 1 radical (unpaired) electrons. The number of carbonyl (C=O) groups is 1. The van der Waals surface area contributed by atoms with Gasteiger partial charge >= 0.3 is 7.41 Å². The van der Waals surface area contributed by atoms with Gasteiger partial charge in [0, 0.05) is 49.3 Å². The van der Waals surface area contributed by atoms with Crippen LogP contribution in [0.3, 0.4) is 0 Å². The van der Waals surface area contributed by atoms with Gasteiger partial charge in [0.25, 0.3) is 5.56 Å². The van der Waals surface area contributed by atoms with Crippen molar-refractivity contribution >= 4 is 39.2 Å². The Morgan fingerprint density at radius 2 is 2.02 bits per heavy atom. The summed E-state index contributed by atoms with van der Waals surface area (Å²) in [5.41, 5.74) is 4.09. The Hall–Kier alpha value is -3.75. The number of fused-ring (bicyclic) bond motifs is 1. The van der Waals surface area contributed by atoms with Gasteiger partial charge in [0.05, 0.1) is 11.3 Å². The average molecular weight is 556 g/mol. The van der Waals surface area contributed by atoms with Crippen molar-refractivity contribution in [2.45, 2.75) is 58.2 Å². The highest BCUT2D eigenvalue weighted by atomic mass is 28.4. The van der Waals surface area contributed by atoms with E-state index in [1.165, 1.54) is 12.0 Å². The molecule has 1 aliphatic heterocycles. The van der Waals surface area contributed by atoms with E-state index in [1.54, 1.807) is 37.6 Å². The van der Waals surface area contributed by atoms with E-state index in [2.05, 4.69) is 62.1 Å². The van der Waals surface area contributed by atoms with Crippen LogP contribution in [0.1, 0.15) is 44.4 Å². The minimum absolute atomic E-state index is 0.0434. The lowest BCUT2D eigenvalue weighted by atomic mass is 9.83.